The fourth-order valence-corrected chi connectivity index (χ4v) is 8.75. The molecule has 7 unspecified atom stereocenters. The number of fused-ring (bicyclic) bond motifs is 2. The molecule has 6 N–H and O–H groups in total. The first kappa shape index (κ1) is 37.3. The predicted molar refractivity (Wildman–Crippen MR) is 176 cm³/mol. The molecule has 49 heavy (non-hydrogen) atoms. The summed E-state index contributed by atoms with van der Waals surface area (Å²) in [5, 5.41) is 28.9. The number of rotatable bonds is 15. The van der Waals surface area contributed by atoms with Gasteiger partial charge in [0.15, 0.2) is 17.0 Å². The first-order chi connectivity index (χ1) is 23.1. The Morgan fingerprint density at radius 3 is 2.14 bits per heavy atom. The molecule has 274 valence electrons. The highest BCUT2D eigenvalue weighted by Crippen LogP contribution is 2.68. The maximum atomic E-state index is 14.5. The molecule has 5 rings (SSSR count). The number of carbonyl (C=O) groups is 2. The Kier molecular flexibility index (Phi) is 10.9. The fraction of sp³-hybridized carbons (Fsp3) is 0.767. The van der Waals surface area contributed by atoms with Crippen molar-refractivity contribution in [3.63, 3.8) is 0 Å². The minimum absolute atomic E-state index is 0.0206. The van der Waals surface area contributed by atoms with Crippen LogP contribution in [0.5, 0.6) is 0 Å². The number of anilines is 2. The van der Waals surface area contributed by atoms with Crippen LogP contribution in [-0.4, -0.2) is 123 Å². The second-order valence-corrected chi connectivity index (χ2v) is 15.2. The van der Waals surface area contributed by atoms with Gasteiger partial charge < -0.3 is 48.9 Å². The second kappa shape index (κ2) is 14.3. The van der Waals surface area contributed by atoms with E-state index in [0.717, 1.165) is 0 Å². The fourth-order valence-electron chi connectivity index (χ4n) is 6.63. The number of hydrogen-bond acceptors (Lipinski definition) is 15. The summed E-state index contributed by atoms with van der Waals surface area (Å²) < 4.78 is 44.1. The molecule has 7 atom stereocenters. The number of aliphatic hydroxyl groups excluding tert-OH is 1. The summed E-state index contributed by atoms with van der Waals surface area (Å²) in [6.07, 6.45) is -1.16. The number of aromatic nitrogens is 4. The van der Waals surface area contributed by atoms with Crippen LogP contribution in [-0.2, 0) is 37.6 Å². The summed E-state index contributed by atoms with van der Waals surface area (Å²) in [5.41, 5.74) is 3.79. The van der Waals surface area contributed by atoms with Gasteiger partial charge in [0, 0.05) is 13.1 Å². The number of hydrogen-bond donors (Lipinski definition) is 5. The molecule has 2 saturated heterocycles. The van der Waals surface area contributed by atoms with Gasteiger partial charge in [-0.15, -0.1) is 0 Å². The Morgan fingerprint density at radius 2 is 1.65 bits per heavy atom. The lowest BCUT2D eigenvalue weighted by Gasteiger charge is -2.32. The van der Waals surface area contributed by atoms with Crippen LogP contribution in [0.15, 0.2) is 6.33 Å². The molecule has 0 amide bonds. The average Bonchev–Trinajstić information content (AvgIpc) is 3.25. The lowest BCUT2D eigenvalue weighted by Crippen LogP contribution is -2.49. The van der Waals surface area contributed by atoms with Crippen LogP contribution < -0.4 is 20.8 Å². The Morgan fingerprint density at radius 1 is 1.08 bits per heavy atom. The van der Waals surface area contributed by atoms with Crippen molar-refractivity contribution in [1.29, 1.82) is 0 Å². The largest absolute Gasteiger partial charge is 0.465 e. The van der Waals surface area contributed by atoms with E-state index in [4.69, 9.17) is 29.2 Å². The number of nitrogen functional groups attached to an aromatic ring is 1. The highest BCUT2D eigenvalue weighted by molar-refractivity contribution is 7.54. The monoisotopic (exact) mass is 712 g/mol. The van der Waals surface area contributed by atoms with E-state index >= 15 is 0 Å². The van der Waals surface area contributed by atoms with E-state index in [1.807, 2.05) is 4.90 Å². The van der Waals surface area contributed by atoms with E-state index in [1.54, 1.807) is 53.0 Å². The van der Waals surface area contributed by atoms with Gasteiger partial charge in [-0.2, -0.15) is 9.97 Å². The predicted octanol–water partition coefficient (Wildman–Crippen LogP) is 0.529. The van der Waals surface area contributed by atoms with Crippen LogP contribution >= 0.6 is 7.67 Å². The number of nitrogens with one attached hydrogen (secondary N) is 2. The van der Waals surface area contributed by atoms with Crippen LogP contribution in [0.4, 0.5) is 11.8 Å². The number of nitrogens with two attached hydrogens (primary N) is 1. The standard InChI is InChI=1S/C30H49N8O10P/c1-8-45-25(40)19(16(3)4)35-49(43,36-20(17(5)6)26(41)46-9-2)47-14-18-22(39)30(42)27(29(30,7)48-18)38-15-32-21-23(33-28(31)34-24(21)38)37-10-12-44-13-11-37/h15-20,22,27,39,42H,8-14H2,1-7H3,(H2,31,33,34)(H2,35,36,43). The SMILES string of the molecule is CCOC(=O)C(NP(=O)(NC(C(=O)OCC)C(C)C)OCC1OC2(C)C(n3cnc4c(N5CCOCC5)nc(N)nc43)C2(O)C1O)C(C)C. The molecule has 2 aliphatic heterocycles. The molecule has 1 saturated carbocycles. The van der Waals surface area contributed by atoms with Crippen LogP contribution in [0.2, 0.25) is 0 Å². The van der Waals surface area contributed by atoms with Gasteiger partial charge in [0.25, 0.3) is 0 Å². The van der Waals surface area contributed by atoms with E-state index in [-0.39, 0.29) is 31.0 Å². The van der Waals surface area contributed by atoms with Crippen molar-refractivity contribution in [2.75, 3.05) is 56.8 Å². The van der Waals surface area contributed by atoms with Gasteiger partial charge in [-0.1, -0.05) is 27.7 Å². The van der Waals surface area contributed by atoms with Crippen LogP contribution in [0, 0.1) is 11.8 Å². The number of ether oxygens (including phenoxy) is 4. The zero-order chi connectivity index (χ0) is 35.9. The Hall–Kier alpha value is -2.96. The van der Waals surface area contributed by atoms with Crippen molar-refractivity contribution >= 4 is 42.5 Å². The van der Waals surface area contributed by atoms with Crippen LogP contribution in [0.25, 0.3) is 11.2 Å². The molecule has 4 heterocycles. The van der Waals surface area contributed by atoms with Gasteiger partial charge in [0.05, 0.1) is 39.4 Å². The van der Waals surface area contributed by atoms with E-state index < -0.39 is 67.8 Å². The topological polar surface area (TPSA) is 235 Å². The highest BCUT2D eigenvalue weighted by Gasteiger charge is 2.85. The van der Waals surface area contributed by atoms with Gasteiger partial charge >= 0.3 is 19.6 Å². The number of imidazole rings is 1. The molecule has 0 radical (unpaired) electrons. The lowest BCUT2D eigenvalue weighted by molar-refractivity contribution is -0.146. The maximum Gasteiger partial charge on any atom is 0.342 e. The Labute approximate surface area is 284 Å². The van der Waals surface area contributed by atoms with E-state index in [9.17, 15) is 24.4 Å². The summed E-state index contributed by atoms with van der Waals surface area (Å²) >= 11 is 0. The molecule has 0 spiro atoms. The third-order valence-corrected chi connectivity index (χ3v) is 11.1. The van der Waals surface area contributed by atoms with E-state index in [1.165, 1.54) is 6.33 Å². The molecule has 0 aromatic carbocycles. The van der Waals surface area contributed by atoms with E-state index in [2.05, 4.69) is 25.1 Å². The summed E-state index contributed by atoms with van der Waals surface area (Å²) in [4.78, 5) is 41.0. The first-order valence-electron chi connectivity index (χ1n) is 16.7. The lowest BCUT2D eigenvalue weighted by atomic mass is 10.1. The van der Waals surface area contributed by atoms with Gasteiger partial charge in [-0.25, -0.2) is 15.2 Å². The molecule has 3 fully saturated rings. The van der Waals surface area contributed by atoms with Crippen molar-refractivity contribution in [2.24, 2.45) is 11.8 Å². The number of nitrogens with zero attached hydrogens (tertiary/aromatic N) is 5. The minimum Gasteiger partial charge on any atom is -0.465 e. The average molecular weight is 713 g/mol. The van der Waals surface area contributed by atoms with Crippen molar-refractivity contribution in [3.05, 3.63) is 6.33 Å². The quantitative estimate of drug-likeness (QED) is 0.125. The van der Waals surface area contributed by atoms with Crippen molar-refractivity contribution < 1.29 is 47.8 Å². The van der Waals surface area contributed by atoms with E-state index in [0.29, 0.717) is 43.3 Å². The van der Waals surface area contributed by atoms with Crippen molar-refractivity contribution in [3.8, 4) is 0 Å². The first-order valence-corrected chi connectivity index (χ1v) is 18.3. The van der Waals surface area contributed by atoms with Crippen LogP contribution in [0.1, 0.15) is 54.5 Å². The van der Waals surface area contributed by atoms with Crippen molar-refractivity contribution in [2.45, 2.75) is 90.0 Å². The minimum atomic E-state index is -4.28. The molecule has 1 aliphatic carbocycles. The highest BCUT2D eigenvalue weighted by atomic mass is 31.2. The smallest absolute Gasteiger partial charge is 0.342 e. The normalized spacial score (nSPS) is 29.1. The molecule has 19 heteroatoms. The van der Waals surface area contributed by atoms with Gasteiger partial charge in [0.1, 0.15) is 41.5 Å². The second-order valence-electron chi connectivity index (χ2n) is 13.3. The number of carbonyl (C=O) groups excluding carboxylic acids is 2. The zero-order valence-electron chi connectivity index (χ0n) is 29.0. The summed E-state index contributed by atoms with van der Waals surface area (Å²) in [6.45, 7) is 13.8. The summed E-state index contributed by atoms with van der Waals surface area (Å²) in [6, 6.07) is -2.96. The number of esters is 2. The number of morpholine rings is 1. The molecule has 18 nitrogen and oxygen atoms in total. The Balaban J connectivity index is 1.37. The maximum absolute atomic E-state index is 14.5. The summed E-state index contributed by atoms with van der Waals surface area (Å²) in [5.74, 6) is -1.51. The third kappa shape index (κ3) is 6.89. The molecule has 3 aliphatic rings. The molecular weight excluding hydrogens is 663 g/mol. The molecule has 2 aromatic rings. The van der Waals surface area contributed by atoms with Gasteiger partial charge in [0.2, 0.25) is 5.95 Å². The van der Waals surface area contributed by atoms with Gasteiger partial charge in [-0.05, 0) is 32.6 Å². The summed E-state index contributed by atoms with van der Waals surface area (Å²) in [7, 11) is -4.28. The molecular formula is C30H49N8O10P. The number of aliphatic hydroxyl groups is 2. The van der Waals surface area contributed by atoms with Crippen LogP contribution in [0.3, 0.4) is 0 Å². The molecule has 0 bridgehead atoms. The third-order valence-electron chi connectivity index (χ3n) is 9.31. The Bertz CT molecular complexity index is 1530. The van der Waals surface area contributed by atoms with Crippen molar-refractivity contribution in [1.82, 2.24) is 29.7 Å². The molecule has 2 aromatic heterocycles. The zero-order valence-corrected chi connectivity index (χ0v) is 29.9. The van der Waals surface area contributed by atoms with Gasteiger partial charge in [-0.3, -0.25) is 14.2 Å².